The molecule has 1 heteroatoms. The van der Waals surface area contributed by atoms with Crippen LogP contribution >= 0.6 is 0 Å². The fraction of sp³-hybridized carbons (Fsp3) is 0.273. The van der Waals surface area contributed by atoms with Crippen molar-refractivity contribution in [1.29, 1.82) is 0 Å². The highest BCUT2D eigenvalue weighted by molar-refractivity contribution is 5.39. The fourth-order valence-corrected chi connectivity index (χ4v) is 1.22. The number of hydrogen-bond donors (Lipinski definition) is 1. The van der Waals surface area contributed by atoms with Crippen LogP contribution in [-0.4, -0.2) is 0 Å². The fourth-order valence-electron chi connectivity index (χ4n) is 1.22. The first-order valence-corrected chi connectivity index (χ1v) is 4.19. The summed E-state index contributed by atoms with van der Waals surface area (Å²) in [5.74, 6) is 0.505. The number of rotatable bonds is 1. The van der Waals surface area contributed by atoms with E-state index in [2.05, 4.69) is 38.2 Å². The molecule has 64 valence electrons. The average molecular weight is 161 g/mol. The first-order chi connectivity index (χ1) is 5.74. The van der Waals surface area contributed by atoms with Crippen molar-refractivity contribution in [3.8, 4) is 0 Å². The van der Waals surface area contributed by atoms with Crippen LogP contribution in [0.4, 0.5) is 0 Å². The Bertz CT molecular complexity index is 267. The number of hydrogen-bond acceptors (Lipinski definition) is 1. The van der Waals surface area contributed by atoms with Gasteiger partial charge in [0.05, 0.1) is 0 Å². The largest absolute Gasteiger partial charge is 0.405 e. The van der Waals surface area contributed by atoms with Gasteiger partial charge in [0.25, 0.3) is 0 Å². The highest BCUT2D eigenvalue weighted by atomic mass is 14.5. The predicted octanol–water partition coefficient (Wildman–Crippen LogP) is 2.54. The summed E-state index contributed by atoms with van der Waals surface area (Å²) in [6.07, 6.45) is 12.0. The second-order valence-electron chi connectivity index (χ2n) is 3.09. The van der Waals surface area contributed by atoms with E-state index in [0.29, 0.717) is 5.92 Å². The third kappa shape index (κ3) is 2.12. The average Bonchev–Trinajstić information content (AvgIpc) is 2.07. The molecule has 0 aliphatic heterocycles. The minimum absolute atomic E-state index is 0.505. The van der Waals surface area contributed by atoms with Crippen molar-refractivity contribution < 1.29 is 0 Å². The lowest BCUT2D eigenvalue weighted by Crippen LogP contribution is -1.97. The van der Waals surface area contributed by atoms with Crippen molar-refractivity contribution in [2.45, 2.75) is 13.8 Å². The van der Waals surface area contributed by atoms with Gasteiger partial charge >= 0.3 is 0 Å². The molecule has 0 amide bonds. The Labute approximate surface area is 74.0 Å². The third-order valence-electron chi connectivity index (χ3n) is 1.97. The molecule has 2 N–H and O–H groups in total. The van der Waals surface area contributed by atoms with Crippen LogP contribution in [0.1, 0.15) is 13.8 Å². The third-order valence-corrected chi connectivity index (χ3v) is 1.97. The topological polar surface area (TPSA) is 26.0 Å². The van der Waals surface area contributed by atoms with E-state index >= 15 is 0 Å². The van der Waals surface area contributed by atoms with Gasteiger partial charge in [-0.2, -0.15) is 0 Å². The smallest absolute Gasteiger partial charge is 0.000712 e. The van der Waals surface area contributed by atoms with Crippen LogP contribution in [0, 0.1) is 5.92 Å². The van der Waals surface area contributed by atoms with Crippen LogP contribution < -0.4 is 5.73 Å². The van der Waals surface area contributed by atoms with E-state index < -0.39 is 0 Å². The van der Waals surface area contributed by atoms with Crippen molar-refractivity contribution in [2.24, 2.45) is 11.7 Å². The van der Waals surface area contributed by atoms with E-state index in [1.807, 2.05) is 6.08 Å². The van der Waals surface area contributed by atoms with Crippen LogP contribution in [-0.2, 0) is 0 Å². The van der Waals surface area contributed by atoms with Crippen molar-refractivity contribution in [2.75, 3.05) is 0 Å². The Kier molecular flexibility index (Phi) is 2.92. The van der Waals surface area contributed by atoms with E-state index in [0.717, 1.165) is 0 Å². The van der Waals surface area contributed by atoms with E-state index in [4.69, 9.17) is 5.73 Å². The zero-order chi connectivity index (χ0) is 8.97. The molecule has 0 saturated carbocycles. The molecular weight excluding hydrogens is 146 g/mol. The van der Waals surface area contributed by atoms with Crippen LogP contribution in [0.25, 0.3) is 0 Å². The SMILES string of the molecule is CC1=C/C(=C/C=C\N)C(C)C=C1. The van der Waals surface area contributed by atoms with E-state index in [1.54, 1.807) is 6.20 Å². The highest BCUT2D eigenvalue weighted by Gasteiger charge is 2.05. The zero-order valence-corrected chi connectivity index (χ0v) is 7.62. The summed E-state index contributed by atoms with van der Waals surface area (Å²) in [6, 6.07) is 0. The molecule has 0 heterocycles. The van der Waals surface area contributed by atoms with Gasteiger partial charge in [0.1, 0.15) is 0 Å². The first-order valence-electron chi connectivity index (χ1n) is 4.19. The van der Waals surface area contributed by atoms with Crippen molar-refractivity contribution in [3.63, 3.8) is 0 Å². The van der Waals surface area contributed by atoms with Crippen molar-refractivity contribution >= 4 is 0 Å². The first kappa shape index (κ1) is 8.85. The quantitative estimate of drug-likeness (QED) is 0.628. The standard InChI is InChI=1S/C11H15N/c1-9-5-6-10(2)11(8-9)4-3-7-12/h3-8,10H,12H2,1-2H3/b7-3-,11-4-. The number of nitrogens with two attached hydrogens (primary N) is 1. The predicted molar refractivity (Wildman–Crippen MR) is 53.5 cm³/mol. The minimum Gasteiger partial charge on any atom is -0.405 e. The summed E-state index contributed by atoms with van der Waals surface area (Å²) in [7, 11) is 0. The van der Waals surface area contributed by atoms with Gasteiger partial charge in [-0.1, -0.05) is 36.8 Å². The summed E-state index contributed by atoms with van der Waals surface area (Å²) in [6.45, 7) is 4.28. The lowest BCUT2D eigenvalue weighted by molar-refractivity contribution is 0.877. The van der Waals surface area contributed by atoms with Crippen LogP contribution in [0.5, 0.6) is 0 Å². The lowest BCUT2D eigenvalue weighted by atomic mass is 9.93. The molecule has 0 aromatic carbocycles. The summed E-state index contributed by atoms with van der Waals surface area (Å²) in [4.78, 5) is 0. The summed E-state index contributed by atoms with van der Waals surface area (Å²) in [5.41, 5.74) is 7.87. The molecule has 1 unspecified atom stereocenters. The Morgan fingerprint density at radius 3 is 2.92 bits per heavy atom. The summed E-state index contributed by atoms with van der Waals surface area (Å²) < 4.78 is 0. The van der Waals surface area contributed by atoms with Gasteiger partial charge < -0.3 is 5.73 Å². The Morgan fingerprint density at radius 1 is 1.50 bits per heavy atom. The molecule has 1 atom stereocenters. The highest BCUT2D eigenvalue weighted by Crippen LogP contribution is 2.21. The van der Waals surface area contributed by atoms with E-state index in [1.165, 1.54) is 11.1 Å². The second kappa shape index (κ2) is 3.96. The maximum atomic E-state index is 5.26. The molecule has 1 rings (SSSR count). The molecule has 12 heavy (non-hydrogen) atoms. The normalized spacial score (nSPS) is 26.7. The maximum absolute atomic E-state index is 5.26. The monoisotopic (exact) mass is 161 g/mol. The Balaban J connectivity index is 2.84. The van der Waals surface area contributed by atoms with Crippen LogP contribution in [0.2, 0.25) is 0 Å². The molecule has 0 aromatic rings. The minimum atomic E-state index is 0.505. The van der Waals surface area contributed by atoms with E-state index in [-0.39, 0.29) is 0 Å². The van der Waals surface area contributed by atoms with E-state index in [9.17, 15) is 0 Å². The molecule has 1 nitrogen and oxygen atoms in total. The Hall–Kier alpha value is -1.24. The van der Waals surface area contributed by atoms with Gasteiger partial charge in [0.15, 0.2) is 0 Å². The molecular formula is C11H15N. The Morgan fingerprint density at radius 2 is 2.25 bits per heavy atom. The van der Waals surface area contributed by atoms with Gasteiger partial charge in [-0.3, -0.25) is 0 Å². The molecule has 0 spiro atoms. The molecule has 0 aromatic heterocycles. The van der Waals surface area contributed by atoms with Gasteiger partial charge in [-0.15, -0.1) is 0 Å². The van der Waals surface area contributed by atoms with Gasteiger partial charge in [0, 0.05) is 0 Å². The lowest BCUT2D eigenvalue weighted by Gasteiger charge is -2.12. The molecule has 0 bridgehead atoms. The molecule has 1 aliphatic rings. The van der Waals surface area contributed by atoms with Crippen LogP contribution in [0.15, 0.2) is 47.7 Å². The summed E-state index contributed by atoms with van der Waals surface area (Å²) in [5, 5.41) is 0. The van der Waals surface area contributed by atoms with Gasteiger partial charge in [-0.05, 0) is 30.7 Å². The van der Waals surface area contributed by atoms with Gasteiger partial charge in [0.2, 0.25) is 0 Å². The molecule has 1 aliphatic carbocycles. The van der Waals surface area contributed by atoms with Crippen LogP contribution in [0.3, 0.4) is 0 Å². The number of allylic oxidation sites excluding steroid dienone is 7. The zero-order valence-electron chi connectivity index (χ0n) is 7.62. The second-order valence-corrected chi connectivity index (χ2v) is 3.09. The maximum Gasteiger partial charge on any atom is -0.000712 e. The van der Waals surface area contributed by atoms with Crippen molar-refractivity contribution in [3.05, 3.63) is 47.7 Å². The summed E-state index contributed by atoms with van der Waals surface area (Å²) >= 11 is 0. The molecule has 0 radical (unpaired) electrons. The van der Waals surface area contributed by atoms with Gasteiger partial charge in [-0.25, -0.2) is 0 Å². The molecule has 0 saturated heterocycles. The van der Waals surface area contributed by atoms with Crippen molar-refractivity contribution in [1.82, 2.24) is 0 Å². The molecule has 0 fully saturated rings.